The average molecular weight is 312 g/mol. The van der Waals surface area contributed by atoms with Gasteiger partial charge in [0.2, 0.25) is 0 Å². The zero-order chi connectivity index (χ0) is 13.3. The van der Waals surface area contributed by atoms with Crippen LogP contribution in [0.2, 0.25) is 0 Å². The number of carboxylic acids is 1. The highest BCUT2D eigenvalue weighted by molar-refractivity contribution is 9.10. The summed E-state index contributed by atoms with van der Waals surface area (Å²) in [6, 6.07) is 6.38. The van der Waals surface area contributed by atoms with Crippen molar-refractivity contribution in [1.29, 1.82) is 0 Å². The number of hydrogen-bond donors (Lipinski definition) is 1. The van der Waals surface area contributed by atoms with Crippen molar-refractivity contribution < 1.29 is 9.90 Å². The van der Waals surface area contributed by atoms with Crippen LogP contribution in [0.5, 0.6) is 0 Å². The van der Waals surface area contributed by atoms with Crippen molar-refractivity contribution >= 4 is 21.9 Å². The second-order valence-corrected chi connectivity index (χ2v) is 6.02. The molecule has 3 nitrogen and oxygen atoms in total. The van der Waals surface area contributed by atoms with Crippen LogP contribution in [0.1, 0.15) is 18.1 Å². The number of carbonyl (C=O) groups is 1. The fourth-order valence-corrected chi connectivity index (χ4v) is 2.68. The van der Waals surface area contributed by atoms with Crippen LogP contribution in [0.25, 0.3) is 0 Å². The number of nitrogens with zero attached hydrogens (tertiary/aromatic N) is 1. The number of aliphatic carboxylic acids is 1. The highest BCUT2D eigenvalue weighted by Crippen LogP contribution is 2.26. The van der Waals surface area contributed by atoms with Crippen molar-refractivity contribution in [2.24, 2.45) is 11.8 Å². The van der Waals surface area contributed by atoms with Gasteiger partial charge in [0.25, 0.3) is 0 Å². The summed E-state index contributed by atoms with van der Waals surface area (Å²) in [5.74, 6) is -0.611. The standard InChI is InChI=1S/C14H18BrNO2/c1-9-3-4-11(5-13(9)15)6-16-7-12(8-16)10(2)14(17)18/h3-5,10,12H,6-8H2,1-2H3,(H,17,18). The highest BCUT2D eigenvalue weighted by Gasteiger charge is 2.34. The van der Waals surface area contributed by atoms with Gasteiger partial charge in [0.05, 0.1) is 5.92 Å². The first kappa shape index (κ1) is 13.6. The Morgan fingerprint density at radius 2 is 2.22 bits per heavy atom. The molecule has 98 valence electrons. The third kappa shape index (κ3) is 2.93. The number of rotatable bonds is 4. The minimum atomic E-state index is -0.683. The molecule has 1 unspecified atom stereocenters. The van der Waals surface area contributed by atoms with Gasteiger partial charge < -0.3 is 5.11 Å². The molecule has 1 atom stereocenters. The Bertz CT molecular complexity index is 455. The van der Waals surface area contributed by atoms with Crippen molar-refractivity contribution in [1.82, 2.24) is 4.90 Å². The van der Waals surface area contributed by atoms with Crippen LogP contribution >= 0.6 is 15.9 Å². The molecule has 1 aliphatic heterocycles. The molecule has 1 aromatic rings. The van der Waals surface area contributed by atoms with Gasteiger partial charge in [-0.3, -0.25) is 9.69 Å². The van der Waals surface area contributed by atoms with Gasteiger partial charge in [0.1, 0.15) is 0 Å². The maximum atomic E-state index is 10.9. The van der Waals surface area contributed by atoms with E-state index in [1.807, 2.05) is 0 Å². The van der Waals surface area contributed by atoms with Crippen LogP contribution in [-0.4, -0.2) is 29.1 Å². The fourth-order valence-electron chi connectivity index (χ4n) is 2.25. The van der Waals surface area contributed by atoms with E-state index < -0.39 is 5.97 Å². The first-order valence-corrected chi connectivity index (χ1v) is 6.97. The fraction of sp³-hybridized carbons (Fsp3) is 0.500. The van der Waals surface area contributed by atoms with E-state index in [1.165, 1.54) is 11.1 Å². The number of likely N-dealkylation sites (tertiary alicyclic amines) is 1. The maximum Gasteiger partial charge on any atom is 0.306 e. The van der Waals surface area contributed by atoms with Crippen LogP contribution in [0.15, 0.2) is 22.7 Å². The summed E-state index contributed by atoms with van der Waals surface area (Å²) in [5, 5.41) is 8.94. The van der Waals surface area contributed by atoms with Crippen LogP contribution in [0.4, 0.5) is 0 Å². The molecule has 1 fully saturated rings. The molecule has 1 N–H and O–H groups in total. The predicted octanol–water partition coefficient (Wildman–Crippen LogP) is 2.91. The highest BCUT2D eigenvalue weighted by atomic mass is 79.9. The Kier molecular flexibility index (Phi) is 4.07. The van der Waals surface area contributed by atoms with Crippen molar-refractivity contribution in [3.8, 4) is 0 Å². The zero-order valence-corrected chi connectivity index (χ0v) is 12.3. The third-order valence-corrected chi connectivity index (χ3v) is 4.58. The lowest BCUT2D eigenvalue weighted by molar-refractivity contribution is -0.145. The van der Waals surface area contributed by atoms with Crippen molar-refractivity contribution in [3.63, 3.8) is 0 Å². The Morgan fingerprint density at radius 3 is 2.78 bits per heavy atom. The molecule has 0 bridgehead atoms. The molecule has 0 spiro atoms. The maximum absolute atomic E-state index is 10.9. The first-order chi connectivity index (χ1) is 8.47. The lowest BCUT2D eigenvalue weighted by atomic mass is 9.87. The van der Waals surface area contributed by atoms with E-state index in [2.05, 4.69) is 46.0 Å². The molecule has 18 heavy (non-hydrogen) atoms. The minimum absolute atomic E-state index is 0.231. The largest absolute Gasteiger partial charge is 0.481 e. The third-order valence-electron chi connectivity index (χ3n) is 3.72. The van der Waals surface area contributed by atoms with Gasteiger partial charge in [-0.25, -0.2) is 0 Å². The van der Waals surface area contributed by atoms with E-state index in [9.17, 15) is 4.79 Å². The lowest BCUT2D eigenvalue weighted by Crippen LogP contribution is -2.50. The van der Waals surface area contributed by atoms with Gasteiger partial charge >= 0.3 is 5.97 Å². The van der Waals surface area contributed by atoms with Crippen molar-refractivity contribution in [2.45, 2.75) is 20.4 Å². The van der Waals surface area contributed by atoms with E-state index in [0.717, 1.165) is 24.1 Å². The SMILES string of the molecule is Cc1ccc(CN2CC(C(C)C(=O)O)C2)cc1Br. The van der Waals surface area contributed by atoms with Gasteiger partial charge in [0.15, 0.2) is 0 Å². The Balaban J connectivity index is 1.86. The molecule has 0 radical (unpaired) electrons. The molecule has 1 saturated heterocycles. The molecule has 0 saturated carbocycles. The molecule has 1 heterocycles. The second-order valence-electron chi connectivity index (χ2n) is 5.16. The number of benzene rings is 1. The van der Waals surface area contributed by atoms with Crippen LogP contribution < -0.4 is 0 Å². The Morgan fingerprint density at radius 1 is 1.56 bits per heavy atom. The number of hydrogen-bond acceptors (Lipinski definition) is 2. The van der Waals surface area contributed by atoms with E-state index in [1.54, 1.807) is 6.92 Å². The molecular weight excluding hydrogens is 294 g/mol. The number of carboxylic acid groups (broad SMARTS) is 1. The Labute approximate surface area is 116 Å². The van der Waals surface area contributed by atoms with Gasteiger partial charge in [-0.2, -0.15) is 0 Å². The molecule has 0 aliphatic carbocycles. The average Bonchev–Trinajstić information content (AvgIpc) is 2.26. The van der Waals surface area contributed by atoms with E-state index in [0.29, 0.717) is 5.92 Å². The minimum Gasteiger partial charge on any atom is -0.481 e. The molecule has 1 aromatic carbocycles. The molecule has 2 rings (SSSR count). The van der Waals surface area contributed by atoms with Crippen molar-refractivity contribution in [3.05, 3.63) is 33.8 Å². The molecular formula is C14H18BrNO2. The summed E-state index contributed by atoms with van der Waals surface area (Å²) < 4.78 is 1.14. The quantitative estimate of drug-likeness (QED) is 0.929. The molecule has 0 amide bonds. The summed E-state index contributed by atoms with van der Waals surface area (Å²) in [5.41, 5.74) is 2.51. The van der Waals surface area contributed by atoms with Crippen LogP contribution in [-0.2, 0) is 11.3 Å². The van der Waals surface area contributed by atoms with E-state index in [-0.39, 0.29) is 5.92 Å². The van der Waals surface area contributed by atoms with Crippen molar-refractivity contribution in [2.75, 3.05) is 13.1 Å². The van der Waals surface area contributed by atoms with Crippen LogP contribution in [0.3, 0.4) is 0 Å². The number of aryl methyl sites for hydroxylation is 1. The normalized spacial score (nSPS) is 18.4. The molecule has 1 aliphatic rings. The lowest BCUT2D eigenvalue weighted by Gasteiger charge is -2.41. The predicted molar refractivity (Wildman–Crippen MR) is 74.4 cm³/mol. The summed E-state index contributed by atoms with van der Waals surface area (Å²) >= 11 is 3.53. The molecule has 4 heteroatoms. The van der Waals surface area contributed by atoms with Gasteiger partial charge in [-0.15, -0.1) is 0 Å². The van der Waals surface area contributed by atoms with E-state index in [4.69, 9.17) is 5.11 Å². The Hall–Kier alpha value is -0.870. The van der Waals surface area contributed by atoms with Gasteiger partial charge in [-0.1, -0.05) is 35.0 Å². The summed E-state index contributed by atoms with van der Waals surface area (Å²) in [6.45, 7) is 6.55. The zero-order valence-electron chi connectivity index (χ0n) is 10.7. The van der Waals surface area contributed by atoms with Gasteiger partial charge in [0, 0.05) is 24.1 Å². The second kappa shape index (κ2) is 5.41. The summed E-state index contributed by atoms with van der Waals surface area (Å²) in [4.78, 5) is 13.1. The summed E-state index contributed by atoms with van der Waals surface area (Å²) in [6.07, 6.45) is 0. The van der Waals surface area contributed by atoms with Gasteiger partial charge in [-0.05, 0) is 30.0 Å². The number of halogens is 1. The molecule has 0 aromatic heterocycles. The smallest absolute Gasteiger partial charge is 0.306 e. The first-order valence-electron chi connectivity index (χ1n) is 6.17. The summed E-state index contributed by atoms with van der Waals surface area (Å²) in [7, 11) is 0. The van der Waals surface area contributed by atoms with Crippen LogP contribution in [0, 0.1) is 18.8 Å². The monoisotopic (exact) mass is 311 g/mol. The topological polar surface area (TPSA) is 40.5 Å². The van der Waals surface area contributed by atoms with E-state index >= 15 is 0 Å².